The highest BCUT2D eigenvalue weighted by molar-refractivity contribution is 5.79. The Morgan fingerprint density at radius 3 is 2.07 bits per heavy atom. The number of carbonyl (C=O) groups excluding carboxylic acids is 1. The summed E-state index contributed by atoms with van der Waals surface area (Å²) < 4.78 is 70.4. The highest BCUT2D eigenvalue weighted by Crippen LogP contribution is 2.76. The third kappa shape index (κ3) is 9.74. The van der Waals surface area contributed by atoms with Crippen molar-refractivity contribution in [2.24, 2.45) is 73.1 Å². The minimum atomic E-state index is -1.74. The van der Waals surface area contributed by atoms with Crippen LogP contribution in [0.2, 0.25) is 0 Å². The van der Waals surface area contributed by atoms with E-state index in [1.165, 1.54) is 31.3 Å². The van der Waals surface area contributed by atoms with E-state index < -0.39 is 78.2 Å². The van der Waals surface area contributed by atoms with Gasteiger partial charge in [-0.3, -0.25) is 4.79 Å². The van der Waals surface area contributed by atoms with Crippen molar-refractivity contribution in [3.8, 4) is 0 Å². The van der Waals surface area contributed by atoms with Crippen molar-refractivity contribution in [2.75, 3.05) is 6.61 Å². The summed E-state index contributed by atoms with van der Waals surface area (Å²) >= 11 is 0. The minimum absolute atomic E-state index is 0.0106. The van der Waals surface area contributed by atoms with Crippen molar-refractivity contribution in [1.82, 2.24) is 0 Å². The number of allylic oxidation sites excluding steroid dienone is 2. The van der Waals surface area contributed by atoms with Crippen molar-refractivity contribution in [1.29, 1.82) is 0 Å². The topological polar surface area (TPSA) is 158 Å². The lowest BCUT2D eigenvalue weighted by Gasteiger charge is -2.71. The molecule has 5 heterocycles. The molecule has 5 aliphatic carbocycles. The molecule has 5 aliphatic heterocycles. The van der Waals surface area contributed by atoms with Crippen LogP contribution in [-0.2, 0) is 65.4 Å². The number of hydrogen-bond acceptors (Lipinski definition) is 12. The summed E-state index contributed by atoms with van der Waals surface area (Å²) in [4.78, 5) is 19.8. The second-order valence-corrected chi connectivity index (χ2v) is 30.5. The van der Waals surface area contributed by atoms with Crippen LogP contribution in [0.15, 0.2) is 77.4 Å². The highest BCUT2D eigenvalue weighted by atomic mass is 16.8. The fraction of sp³-hybridized carbons (Fsp3) is 0.783. The first kappa shape index (κ1) is 59.9. The molecule has 0 amide bonds. The molecule has 12 rings (SSSR count). The summed E-state index contributed by atoms with van der Waals surface area (Å²) in [5, 5.41) is 4.27. The predicted molar refractivity (Wildman–Crippen MR) is 315 cm³/mol. The quantitative estimate of drug-likeness (QED) is 0.0618. The molecule has 14 nitrogen and oxygen atoms in total. The Morgan fingerprint density at radius 2 is 1.39 bits per heavy atom. The van der Waals surface area contributed by atoms with Gasteiger partial charge in [0, 0.05) is 10.8 Å². The Kier molecular flexibility index (Phi) is 15.7. The number of hydrogen-bond donors (Lipinski definition) is 0. The van der Waals surface area contributed by atoms with Crippen LogP contribution in [-0.4, -0.2) is 97.5 Å². The summed E-state index contributed by atoms with van der Waals surface area (Å²) in [6.07, 6.45) is 6.43. The monoisotopic (exact) mass is 1150 g/mol. The Hall–Kier alpha value is -3.40. The van der Waals surface area contributed by atoms with E-state index in [9.17, 15) is 5.53 Å². The van der Waals surface area contributed by atoms with Gasteiger partial charge in [-0.15, -0.1) is 0 Å². The van der Waals surface area contributed by atoms with Gasteiger partial charge in [-0.25, -0.2) is 0 Å². The highest BCUT2D eigenvalue weighted by Gasteiger charge is 2.76. The average Bonchev–Trinajstić information content (AvgIpc) is 0.952. The van der Waals surface area contributed by atoms with E-state index in [-0.39, 0.29) is 64.2 Å². The first-order chi connectivity index (χ1) is 39.3. The summed E-state index contributed by atoms with van der Waals surface area (Å²) in [6, 6.07) is 19.8. The molecule has 14 heteroatoms. The molecular formula is C69H99N3O11. The van der Waals surface area contributed by atoms with Gasteiger partial charge in [-0.1, -0.05) is 154 Å². The van der Waals surface area contributed by atoms with Crippen LogP contribution >= 0.6 is 0 Å². The zero-order valence-corrected chi connectivity index (χ0v) is 52.5. The standard InChI is InChI=1S/C69H99N3O11/c1-15-48-52(71-72-70)41(3)54-58(78-48)69(82-54,83-61(73)68-34-32-62(6,7)36-47(68)46-26-27-51-65(12)30-28-40(2)63(8,9)50(65)29-31-67(51,14)66(46,13)33-35-68)59-57-56(80-64(10,11)81-57)55(43(5)77-59)79-60-42(4)53(75-38-45-24-20-17-21-25-45)49(39-76-60)74-37-44-22-18-16-19-23-44/h16-26,40-43,47-60H,15,27-39H2,1-14H3/t40-,41?,42?,43+,47?,48-,49?,50-,51?,52?,53?,54?,55?,56?,57?,58+,59+,60-,65?,66+,67-,68?,69?/m0/s1. The molecule has 23 atom stereocenters. The second-order valence-electron chi connectivity index (χ2n) is 30.5. The van der Waals surface area contributed by atoms with Crippen LogP contribution < -0.4 is 0 Å². The third-order valence-corrected chi connectivity index (χ3v) is 24.8. The number of nitrogens with zero attached hydrogens (tertiary/aromatic N) is 3. The SMILES string of the molecule is CC[C@@H]1O[C@@H]2C(OC2(OC(=O)C23CCC(C)(C)CC2C2=CCC4C5(C)CC[C@H](C)C(C)(C)[C@@H]5CC[C@]4(C)[C@]2(C)CC3)[C@@H]2O[C@H](C)C(O[C@@H]3OCC(OCc4ccccc4)C(OCc4ccccc4)C3C)C3OC(C)(C)OC32)C(C)C1N=[N+]=[N-]. The van der Waals surface area contributed by atoms with Crippen LogP contribution in [0.5, 0.6) is 0 Å². The van der Waals surface area contributed by atoms with Gasteiger partial charge in [0.05, 0.1) is 55.7 Å². The number of esters is 1. The van der Waals surface area contributed by atoms with Crippen LogP contribution in [0.3, 0.4) is 0 Å². The number of carbonyl (C=O) groups is 1. The average molecular weight is 1150 g/mol. The fourth-order valence-corrected chi connectivity index (χ4v) is 19.5. The number of benzene rings is 2. The van der Waals surface area contributed by atoms with E-state index in [2.05, 4.69) is 110 Å². The molecule has 0 N–H and O–H groups in total. The first-order valence-electron chi connectivity index (χ1n) is 32.3. The van der Waals surface area contributed by atoms with Crippen molar-refractivity contribution in [2.45, 2.75) is 266 Å². The maximum Gasteiger partial charge on any atom is 0.315 e. The van der Waals surface area contributed by atoms with E-state index in [1.54, 1.807) is 0 Å². The molecule has 0 bridgehead atoms. The van der Waals surface area contributed by atoms with Crippen molar-refractivity contribution < 1.29 is 52.2 Å². The largest absolute Gasteiger partial charge is 0.427 e. The number of azide groups is 1. The Morgan fingerprint density at radius 1 is 0.723 bits per heavy atom. The second kappa shape index (κ2) is 21.7. The first-order valence-corrected chi connectivity index (χ1v) is 32.3. The minimum Gasteiger partial charge on any atom is -0.427 e. The molecule has 83 heavy (non-hydrogen) atoms. The fourth-order valence-electron chi connectivity index (χ4n) is 19.5. The zero-order chi connectivity index (χ0) is 58.9. The molecule has 14 unspecified atom stereocenters. The lowest BCUT2D eigenvalue weighted by Crippen LogP contribution is -2.81. The van der Waals surface area contributed by atoms with Gasteiger partial charge in [0.15, 0.2) is 24.3 Å². The summed E-state index contributed by atoms with van der Waals surface area (Å²) in [5.74, 6) is -1.63. The lowest BCUT2D eigenvalue weighted by atomic mass is 9.33. The smallest absolute Gasteiger partial charge is 0.315 e. The van der Waals surface area contributed by atoms with Crippen LogP contribution in [0.4, 0.5) is 0 Å². The summed E-state index contributed by atoms with van der Waals surface area (Å²) in [5.41, 5.74) is 13.2. The van der Waals surface area contributed by atoms with E-state index >= 15 is 4.79 Å². The maximum atomic E-state index is 16.5. The van der Waals surface area contributed by atoms with Crippen LogP contribution in [0.25, 0.3) is 10.4 Å². The molecular weight excluding hydrogens is 1050 g/mol. The van der Waals surface area contributed by atoms with Crippen molar-refractivity contribution in [3.05, 3.63) is 93.9 Å². The number of ether oxygens (including phenoxy) is 10. The Labute approximate surface area is 495 Å². The Balaban J connectivity index is 0.862. The van der Waals surface area contributed by atoms with Gasteiger partial charge in [0.25, 0.3) is 5.79 Å². The molecule has 0 radical (unpaired) electrons. The third-order valence-electron chi connectivity index (χ3n) is 24.8. The molecule has 5 saturated heterocycles. The van der Waals surface area contributed by atoms with Gasteiger partial charge in [0.1, 0.15) is 24.4 Å². The molecule has 2 aromatic rings. The number of fused-ring (bicyclic) bond motifs is 9. The lowest BCUT2D eigenvalue weighted by molar-refractivity contribution is -0.464. The summed E-state index contributed by atoms with van der Waals surface area (Å²) in [6.45, 7) is 33.3. The zero-order valence-electron chi connectivity index (χ0n) is 52.5. The molecule has 0 spiro atoms. The van der Waals surface area contributed by atoms with E-state index in [4.69, 9.17) is 47.4 Å². The molecule has 2 aromatic carbocycles. The van der Waals surface area contributed by atoms with Gasteiger partial charge < -0.3 is 47.4 Å². The van der Waals surface area contributed by atoms with E-state index in [0.717, 1.165) is 43.2 Å². The van der Waals surface area contributed by atoms with Gasteiger partial charge >= 0.3 is 5.97 Å². The van der Waals surface area contributed by atoms with Crippen molar-refractivity contribution >= 4 is 5.97 Å². The number of rotatable bonds is 13. The van der Waals surface area contributed by atoms with Gasteiger partial charge in [-0.05, 0) is 165 Å². The molecule has 9 fully saturated rings. The van der Waals surface area contributed by atoms with Crippen LogP contribution in [0.1, 0.15) is 179 Å². The molecule has 10 aliphatic rings. The van der Waals surface area contributed by atoms with E-state index in [0.29, 0.717) is 49.2 Å². The Bertz CT molecular complexity index is 2770. The van der Waals surface area contributed by atoms with Crippen molar-refractivity contribution in [3.63, 3.8) is 0 Å². The van der Waals surface area contributed by atoms with Crippen LogP contribution in [0, 0.1) is 68.0 Å². The summed E-state index contributed by atoms with van der Waals surface area (Å²) in [7, 11) is 0. The van der Waals surface area contributed by atoms with E-state index in [1.807, 2.05) is 64.1 Å². The normalized spacial score (nSPS) is 47.3. The van der Waals surface area contributed by atoms with Gasteiger partial charge in [0.2, 0.25) is 0 Å². The predicted octanol–water partition coefficient (Wildman–Crippen LogP) is 14.4. The molecule has 4 saturated carbocycles. The molecule has 456 valence electrons. The maximum absolute atomic E-state index is 16.5. The van der Waals surface area contributed by atoms with Gasteiger partial charge in [-0.2, -0.15) is 0 Å². The molecule has 0 aromatic heterocycles.